The summed E-state index contributed by atoms with van der Waals surface area (Å²) in [6.07, 6.45) is 1.18. The van der Waals surface area contributed by atoms with Crippen LogP contribution in [0.1, 0.15) is 6.92 Å². The lowest BCUT2D eigenvalue weighted by Gasteiger charge is -2.05. The number of allylic oxidation sites excluding steroid dienone is 1. The molecule has 0 unspecified atom stereocenters. The summed E-state index contributed by atoms with van der Waals surface area (Å²) in [5, 5.41) is 7.51. The van der Waals surface area contributed by atoms with E-state index in [9.17, 15) is 9.36 Å². The van der Waals surface area contributed by atoms with E-state index >= 15 is 0 Å². The van der Waals surface area contributed by atoms with Gasteiger partial charge in [-0.15, -0.1) is 0 Å². The fourth-order valence-electron chi connectivity index (χ4n) is 0.414. The summed E-state index contributed by atoms with van der Waals surface area (Å²) in [4.78, 5) is 27.1. The number of hydrogen-bond donors (Lipinski definition) is 2. The van der Waals surface area contributed by atoms with Crippen molar-refractivity contribution in [3.05, 3.63) is 35.9 Å². The number of phosphoric acid groups is 1. The van der Waals surface area contributed by atoms with Gasteiger partial charge in [0.2, 0.25) is 0 Å². The first-order valence-corrected chi connectivity index (χ1v) is 7.29. The van der Waals surface area contributed by atoms with Gasteiger partial charge in [0.25, 0.3) is 0 Å². The number of phosphoric ester groups is 1. The van der Waals surface area contributed by atoms with E-state index in [-0.39, 0.29) is 23.3 Å². The minimum Gasteiger partial charge on any atom is -0.460 e. The normalized spacial score (nSPS) is 8.76. The second kappa shape index (κ2) is 15.3. The molecule has 0 aliphatic carbocycles. The number of carbonyl (C=O) groups excluding carboxylic acids is 1. The van der Waals surface area contributed by atoms with Gasteiger partial charge in [-0.25, -0.2) is 9.36 Å². The molecule has 0 aliphatic heterocycles. The Hall–Kier alpha value is -1.13. The molecule has 0 saturated carbocycles. The van der Waals surface area contributed by atoms with Gasteiger partial charge in [0.15, 0.2) is 0 Å². The Balaban J connectivity index is -0.000000334. The van der Waals surface area contributed by atoms with Crippen LogP contribution in [0.4, 0.5) is 0 Å². The van der Waals surface area contributed by atoms with Crippen molar-refractivity contribution in [2.24, 2.45) is 0 Å². The van der Waals surface area contributed by atoms with Crippen LogP contribution in [0, 0.1) is 11.3 Å². The van der Waals surface area contributed by atoms with E-state index in [1.807, 2.05) is 0 Å². The summed E-state index contributed by atoms with van der Waals surface area (Å²) < 4.78 is 18.7. The van der Waals surface area contributed by atoms with Crippen LogP contribution in [0.25, 0.3) is 0 Å². The van der Waals surface area contributed by atoms with Gasteiger partial charge in [-0.05, 0) is 6.92 Å². The molecule has 0 spiro atoms. The van der Waals surface area contributed by atoms with Crippen molar-refractivity contribution in [3.8, 4) is 6.07 Å². The maximum Gasteiger partial charge on any atom is 0.469 e. The predicted octanol–water partition coefficient (Wildman–Crippen LogP) is 2.85. The molecule has 0 heterocycles. The monoisotopic (exact) mass is 359 g/mol. The van der Waals surface area contributed by atoms with Crippen molar-refractivity contribution in [1.82, 2.24) is 0 Å². The standard InChI is InChI=1S/C6H11O6P.C3H3N.C2H2Cl2/c1-5(2)6(7)11-3-4-12-13(8,9)10;1-2-3-4;1-2(3)4/h1,3-4H2,2H3,(H2,8,9,10);2H,1H2;1H2. The number of ether oxygens (including phenoxy) is 1. The van der Waals surface area contributed by atoms with Crippen molar-refractivity contribution < 1.29 is 28.4 Å². The Morgan fingerprint density at radius 3 is 2.00 bits per heavy atom. The Morgan fingerprint density at radius 1 is 1.38 bits per heavy atom. The minimum absolute atomic E-state index is 0.111. The van der Waals surface area contributed by atoms with Crippen LogP contribution in [0.2, 0.25) is 0 Å². The molecule has 2 N–H and O–H groups in total. The molecule has 0 amide bonds. The molecule has 0 radical (unpaired) electrons. The van der Waals surface area contributed by atoms with Gasteiger partial charge in [-0.1, -0.05) is 42.9 Å². The maximum absolute atomic E-state index is 10.7. The fourth-order valence-corrected chi connectivity index (χ4v) is 0.726. The number of nitriles is 1. The average molecular weight is 360 g/mol. The SMILES string of the molecule is C=C(C)C(=O)OCCOP(=O)(O)O.C=C(Cl)Cl.C=CC#N. The molecule has 0 aromatic rings. The minimum atomic E-state index is -4.46. The van der Waals surface area contributed by atoms with Crippen LogP contribution in [0.5, 0.6) is 0 Å². The van der Waals surface area contributed by atoms with Crippen LogP contribution in [0.15, 0.2) is 35.9 Å². The smallest absolute Gasteiger partial charge is 0.460 e. The summed E-state index contributed by atoms with van der Waals surface area (Å²) in [6, 6.07) is 1.69. The Labute approximate surface area is 133 Å². The van der Waals surface area contributed by atoms with Crippen molar-refractivity contribution in [3.63, 3.8) is 0 Å². The van der Waals surface area contributed by atoms with Gasteiger partial charge in [0, 0.05) is 11.6 Å². The van der Waals surface area contributed by atoms with Gasteiger partial charge in [-0.3, -0.25) is 4.52 Å². The highest BCUT2D eigenvalue weighted by Crippen LogP contribution is 2.35. The highest BCUT2D eigenvalue weighted by molar-refractivity contribution is 7.46. The molecular weight excluding hydrogens is 344 g/mol. The summed E-state index contributed by atoms with van der Waals surface area (Å²) in [5.74, 6) is -0.616. The van der Waals surface area contributed by atoms with Gasteiger partial charge >= 0.3 is 13.8 Å². The molecule has 0 bridgehead atoms. The van der Waals surface area contributed by atoms with Gasteiger partial charge in [0.1, 0.15) is 6.61 Å². The number of hydrogen-bond acceptors (Lipinski definition) is 5. The molecule has 0 fully saturated rings. The zero-order valence-corrected chi connectivity index (χ0v) is 13.7. The third kappa shape index (κ3) is 38.1. The molecule has 120 valence electrons. The van der Waals surface area contributed by atoms with Crippen molar-refractivity contribution in [2.45, 2.75) is 6.92 Å². The number of halogens is 2. The van der Waals surface area contributed by atoms with E-state index in [1.54, 1.807) is 6.07 Å². The number of esters is 1. The van der Waals surface area contributed by atoms with Gasteiger partial charge in [-0.2, -0.15) is 5.26 Å². The summed E-state index contributed by atoms with van der Waals surface area (Å²) in [6.45, 7) is 10.4. The molecule has 0 aromatic carbocycles. The Kier molecular flexibility index (Phi) is 18.1. The molecule has 21 heavy (non-hydrogen) atoms. The second-order valence-electron chi connectivity index (χ2n) is 2.91. The van der Waals surface area contributed by atoms with E-state index in [2.05, 4.69) is 29.0 Å². The first kappa shape index (κ1) is 24.9. The topological polar surface area (TPSA) is 117 Å². The molecule has 0 aromatic heterocycles. The molecule has 7 nitrogen and oxygen atoms in total. The average Bonchev–Trinajstić information content (AvgIpc) is 2.32. The molecular formula is C11H16Cl2NO6P. The van der Waals surface area contributed by atoms with E-state index in [4.69, 9.17) is 38.3 Å². The van der Waals surface area contributed by atoms with Crippen molar-refractivity contribution >= 4 is 37.0 Å². The molecule has 10 heteroatoms. The first-order chi connectivity index (χ1) is 9.47. The number of rotatable bonds is 5. The fraction of sp³-hybridized carbons (Fsp3) is 0.273. The molecule has 0 rings (SSSR count). The van der Waals surface area contributed by atoms with E-state index < -0.39 is 13.8 Å². The zero-order valence-electron chi connectivity index (χ0n) is 11.3. The van der Waals surface area contributed by atoms with Crippen molar-refractivity contribution in [2.75, 3.05) is 13.2 Å². The Morgan fingerprint density at radius 2 is 1.76 bits per heavy atom. The number of carbonyl (C=O) groups is 1. The molecule has 0 aliphatic rings. The van der Waals surface area contributed by atoms with Crippen molar-refractivity contribution in [1.29, 1.82) is 5.26 Å². The highest BCUT2D eigenvalue weighted by atomic mass is 35.5. The van der Waals surface area contributed by atoms with Crippen LogP contribution in [-0.2, 0) is 18.6 Å². The number of nitrogens with zero attached hydrogens (tertiary/aromatic N) is 1. The second-order valence-corrected chi connectivity index (χ2v) is 5.26. The summed E-state index contributed by atoms with van der Waals surface area (Å²) >= 11 is 9.69. The third-order valence-electron chi connectivity index (χ3n) is 1.02. The lowest BCUT2D eigenvalue weighted by atomic mass is 10.4. The van der Waals surface area contributed by atoms with Gasteiger partial charge < -0.3 is 14.5 Å². The highest BCUT2D eigenvalue weighted by Gasteiger charge is 2.13. The Bertz CT molecular complexity index is 436. The summed E-state index contributed by atoms with van der Waals surface area (Å²) in [7, 11) is -4.46. The van der Waals surface area contributed by atoms with Gasteiger partial charge in [0.05, 0.1) is 17.2 Å². The van der Waals surface area contributed by atoms with E-state index in [0.717, 1.165) is 0 Å². The third-order valence-corrected chi connectivity index (χ3v) is 1.53. The van der Waals surface area contributed by atoms with Crippen LogP contribution in [0.3, 0.4) is 0 Å². The largest absolute Gasteiger partial charge is 0.469 e. The molecule has 0 atom stereocenters. The molecule has 0 saturated heterocycles. The zero-order chi connectivity index (χ0) is 17.5. The van der Waals surface area contributed by atoms with E-state index in [0.29, 0.717) is 0 Å². The quantitative estimate of drug-likeness (QED) is 0.255. The summed E-state index contributed by atoms with van der Waals surface area (Å²) in [5.41, 5.74) is 0.219. The predicted molar refractivity (Wildman–Crippen MR) is 80.4 cm³/mol. The van der Waals surface area contributed by atoms with Crippen LogP contribution >= 0.6 is 31.0 Å². The lowest BCUT2D eigenvalue weighted by molar-refractivity contribution is -0.139. The maximum atomic E-state index is 10.7. The van der Waals surface area contributed by atoms with E-state index in [1.165, 1.54) is 13.0 Å². The van der Waals surface area contributed by atoms with Crippen LogP contribution in [-0.4, -0.2) is 29.0 Å². The van der Waals surface area contributed by atoms with Crippen LogP contribution < -0.4 is 0 Å². The lowest BCUT2D eigenvalue weighted by Crippen LogP contribution is -2.10. The first-order valence-electron chi connectivity index (χ1n) is 5.01.